The van der Waals surface area contributed by atoms with Crippen molar-refractivity contribution in [1.82, 2.24) is 0 Å². The number of anilines is 2. The summed E-state index contributed by atoms with van der Waals surface area (Å²) in [6.07, 6.45) is 6.56. The monoisotopic (exact) mass is 326 g/mol. The molecule has 0 atom stereocenters. The summed E-state index contributed by atoms with van der Waals surface area (Å²) in [5.74, 6) is -0.466. The third-order valence-corrected chi connectivity index (χ3v) is 4.40. The van der Waals surface area contributed by atoms with E-state index in [4.69, 9.17) is 0 Å². The number of hydrogen-bond acceptors (Lipinski definition) is 2. The van der Waals surface area contributed by atoms with Gasteiger partial charge in [-0.15, -0.1) is 0 Å². The van der Waals surface area contributed by atoms with Gasteiger partial charge in [0.2, 0.25) is 5.91 Å². The first kappa shape index (κ1) is 16.5. The Bertz CT molecular complexity index is 678. The molecule has 1 amide bonds. The summed E-state index contributed by atoms with van der Waals surface area (Å²) in [6.45, 7) is 0. The third kappa shape index (κ3) is 4.82. The highest BCUT2D eigenvalue weighted by atomic mass is 19.1. The molecule has 0 saturated heterocycles. The second kappa shape index (κ2) is 7.95. The zero-order chi connectivity index (χ0) is 16.8. The maximum atomic E-state index is 13.1. The summed E-state index contributed by atoms with van der Waals surface area (Å²) in [5.41, 5.74) is 2.51. The van der Waals surface area contributed by atoms with Crippen LogP contribution in [-0.2, 0) is 11.2 Å². The molecule has 0 spiro atoms. The van der Waals surface area contributed by atoms with Crippen molar-refractivity contribution >= 4 is 17.3 Å². The molecule has 3 rings (SSSR count). The van der Waals surface area contributed by atoms with Gasteiger partial charge in [0.1, 0.15) is 5.82 Å². The summed E-state index contributed by atoms with van der Waals surface area (Å²) < 4.78 is 13.1. The highest BCUT2D eigenvalue weighted by Crippen LogP contribution is 2.22. The van der Waals surface area contributed by atoms with Gasteiger partial charge in [0, 0.05) is 17.4 Å². The van der Waals surface area contributed by atoms with Crippen molar-refractivity contribution in [3.63, 3.8) is 0 Å². The van der Waals surface area contributed by atoms with Crippen molar-refractivity contribution in [3.8, 4) is 0 Å². The molecule has 24 heavy (non-hydrogen) atoms. The number of hydrogen-bond donors (Lipinski definition) is 2. The van der Waals surface area contributed by atoms with Gasteiger partial charge in [0.25, 0.3) is 0 Å². The summed E-state index contributed by atoms with van der Waals surface area (Å²) in [4.78, 5) is 12.0. The predicted molar refractivity (Wildman–Crippen MR) is 95.7 cm³/mol. The Morgan fingerprint density at radius 2 is 1.71 bits per heavy atom. The summed E-state index contributed by atoms with van der Waals surface area (Å²) >= 11 is 0. The van der Waals surface area contributed by atoms with Crippen molar-refractivity contribution < 1.29 is 9.18 Å². The first-order chi connectivity index (χ1) is 11.7. The van der Waals surface area contributed by atoms with Crippen LogP contribution in [0.15, 0.2) is 48.5 Å². The van der Waals surface area contributed by atoms with Crippen LogP contribution in [0.3, 0.4) is 0 Å². The molecule has 1 saturated carbocycles. The molecule has 2 aromatic rings. The van der Waals surface area contributed by atoms with Crippen molar-refractivity contribution in [1.29, 1.82) is 0 Å². The van der Waals surface area contributed by atoms with E-state index in [-0.39, 0.29) is 18.1 Å². The Balaban J connectivity index is 1.52. The standard InChI is InChI=1S/C20H23FN2O/c21-16-6-4-5-15(13-16)14-20(24)23-19-11-9-18(10-12-19)22-17-7-2-1-3-8-17/h4-6,9-13,17,22H,1-3,7-8,14H2,(H,23,24). The van der Waals surface area contributed by atoms with E-state index >= 15 is 0 Å². The van der Waals surface area contributed by atoms with Crippen molar-refractivity contribution in [3.05, 3.63) is 59.9 Å². The summed E-state index contributed by atoms with van der Waals surface area (Å²) in [7, 11) is 0. The largest absolute Gasteiger partial charge is 0.382 e. The number of rotatable bonds is 5. The Kier molecular flexibility index (Phi) is 5.47. The van der Waals surface area contributed by atoms with Crippen LogP contribution >= 0.6 is 0 Å². The average molecular weight is 326 g/mol. The van der Waals surface area contributed by atoms with Gasteiger partial charge in [-0.3, -0.25) is 4.79 Å². The Morgan fingerprint density at radius 1 is 1.00 bits per heavy atom. The van der Waals surface area contributed by atoms with Crippen LogP contribution in [0.5, 0.6) is 0 Å². The minimum Gasteiger partial charge on any atom is -0.382 e. The molecule has 0 bridgehead atoms. The van der Waals surface area contributed by atoms with E-state index in [1.165, 1.54) is 44.2 Å². The fourth-order valence-corrected chi connectivity index (χ4v) is 3.17. The minimum atomic E-state index is -0.321. The van der Waals surface area contributed by atoms with Crippen molar-refractivity contribution in [2.24, 2.45) is 0 Å². The van der Waals surface area contributed by atoms with Gasteiger partial charge in [-0.1, -0.05) is 31.4 Å². The molecule has 0 radical (unpaired) electrons. The lowest BCUT2D eigenvalue weighted by Crippen LogP contribution is -2.22. The highest BCUT2D eigenvalue weighted by Gasteiger charge is 2.12. The Labute approximate surface area is 142 Å². The normalized spacial score (nSPS) is 15.0. The van der Waals surface area contributed by atoms with Gasteiger partial charge in [-0.2, -0.15) is 0 Å². The maximum Gasteiger partial charge on any atom is 0.228 e. The first-order valence-electron chi connectivity index (χ1n) is 8.60. The third-order valence-electron chi connectivity index (χ3n) is 4.40. The fourth-order valence-electron chi connectivity index (χ4n) is 3.17. The maximum absolute atomic E-state index is 13.1. The Morgan fingerprint density at radius 3 is 2.42 bits per heavy atom. The lowest BCUT2D eigenvalue weighted by atomic mass is 9.95. The van der Waals surface area contributed by atoms with E-state index < -0.39 is 0 Å². The number of halogens is 1. The van der Waals surface area contributed by atoms with Crippen LogP contribution in [0.25, 0.3) is 0 Å². The van der Waals surface area contributed by atoms with Gasteiger partial charge >= 0.3 is 0 Å². The molecule has 3 nitrogen and oxygen atoms in total. The first-order valence-corrected chi connectivity index (χ1v) is 8.60. The predicted octanol–water partition coefficient (Wildman–Crippen LogP) is 4.75. The van der Waals surface area contributed by atoms with Gasteiger partial charge in [-0.05, 0) is 54.8 Å². The molecule has 2 N–H and O–H groups in total. The van der Waals surface area contributed by atoms with Crippen LogP contribution in [0.4, 0.5) is 15.8 Å². The molecule has 126 valence electrons. The number of carbonyl (C=O) groups is 1. The van der Waals surface area contributed by atoms with Gasteiger partial charge in [0.15, 0.2) is 0 Å². The van der Waals surface area contributed by atoms with E-state index in [1.807, 2.05) is 24.3 Å². The van der Waals surface area contributed by atoms with Crippen LogP contribution < -0.4 is 10.6 Å². The molecule has 0 heterocycles. The number of benzene rings is 2. The molecular weight excluding hydrogens is 303 g/mol. The van der Waals surface area contributed by atoms with Gasteiger partial charge < -0.3 is 10.6 Å². The average Bonchev–Trinajstić information content (AvgIpc) is 2.57. The number of carbonyl (C=O) groups excluding carboxylic acids is 1. The van der Waals surface area contributed by atoms with E-state index in [9.17, 15) is 9.18 Å². The zero-order valence-electron chi connectivity index (χ0n) is 13.7. The van der Waals surface area contributed by atoms with Crippen LogP contribution in [0.1, 0.15) is 37.7 Å². The van der Waals surface area contributed by atoms with Crippen LogP contribution in [-0.4, -0.2) is 11.9 Å². The molecule has 0 aliphatic heterocycles. The quantitative estimate of drug-likeness (QED) is 0.832. The van der Waals surface area contributed by atoms with Gasteiger partial charge in [-0.25, -0.2) is 4.39 Å². The smallest absolute Gasteiger partial charge is 0.228 e. The SMILES string of the molecule is O=C(Cc1cccc(F)c1)Nc1ccc(NC2CCCCC2)cc1. The van der Waals surface area contributed by atoms with Crippen LogP contribution in [0, 0.1) is 5.82 Å². The number of nitrogens with one attached hydrogen (secondary N) is 2. The minimum absolute atomic E-state index is 0.145. The van der Waals surface area contributed by atoms with Crippen molar-refractivity contribution in [2.45, 2.75) is 44.6 Å². The molecule has 0 aromatic heterocycles. The second-order valence-corrected chi connectivity index (χ2v) is 6.41. The van der Waals surface area contributed by atoms with E-state index in [1.54, 1.807) is 12.1 Å². The van der Waals surface area contributed by atoms with E-state index in [2.05, 4.69) is 10.6 Å². The molecular formula is C20H23FN2O. The zero-order valence-corrected chi connectivity index (χ0v) is 13.7. The molecule has 0 unspecified atom stereocenters. The molecule has 1 aliphatic carbocycles. The number of amides is 1. The molecule has 2 aromatic carbocycles. The van der Waals surface area contributed by atoms with Gasteiger partial charge in [0.05, 0.1) is 6.42 Å². The fraction of sp³-hybridized carbons (Fsp3) is 0.350. The van der Waals surface area contributed by atoms with Crippen molar-refractivity contribution in [2.75, 3.05) is 10.6 Å². The molecule has 1 fully saturated rings. The topological polar surface area (TPSA) is 41.1 Å². The summed E-state index contributed by atoms with van der Waals surface area (Å²) in [6, 6.07) is 14.5. The lowest BCUT2D eigenvalue weighted by Gasteiger charge is -2.23. The lowest BCUT2D eigenvalue weighted by molar-refractivity contribution is -0.115. The Hall–Kier alpha value is -2.36. The van der Waals surface area contributed by atoms with E-state index in [0.717, 1.165) is 11.4 Å². The highest BCUT2D eigenvalue weighted by molar-refractivity contribution is 5.92. The molecule has 4 heteroatoms. The second-order valence-electron chi connectivity index (χ2n) is 6.41. The van der Waals surface area contributed by atoms with Crippen LogP contribution in [0.2, 0.25) is 0 Å². The molecule has 1 aliphatic rings. The van der Waals surface area contributed by atoms with E-state index in [0.29, 0.717) is 11.6 Å². The summed E-state index contributed by atoms with van der Waals surface area (Å²) in [5, 5.41) is 6.40.